The molecule has 1 aliphatic rings. The van der Waals surface area contributed by atoms with Crippen LogP contribution < -0.4 is 10.6 Å². The highest BCUT2D eigenvalue weighted by atomic mass is 32.1. The Morgan fingerprint density at radius 3 is 2.96 bits per heavy atom. The highest BCUT2D eigenvalue weighted by molar-refractivity contribution is 7.21. The molecule has 3 aromatic heterocycles. The maximum atomic E-state index is 13.0. The van der Waals surface area contributed by atoms with Gasteiger partial charge in [0.15, 0.2) is 0 Å². The highest BCUT2D eigenvalue weighted by Crippen LogP contribution is 2.36. The van der Waals surface area contributed by atoms with Gasteiger partial charge in [0.1, 0.15) is 15.5 Å². The number of nitrogens with zero attached hydrogens (tertiary/aromatic N) is 5. The molecule has 8 heteroatoms. The number of nitrogens with two attached hydrogens (primary N) is 1. The zero-order valence-corrected chi connectivity index (χ0v) is 13.7. The number of amides is 1. The Balaban J connectivity index is 1.83. The van der Waals surface area contributed by atoms with E-state index < -0.39 is 0 Å². The lowest BCUT2D eigenvalue weighted by Gasteiger charge is -2.27. The van der Waals surface area contributed by atoms with Gasteiger partial charge in [-0.25, -0.2) is 4.68 Å². The predicted molar refractivity (Wildman–Crippen MR) is 89.8 cm³/mol. The summed E-state index contributed by atoms with van der Waals surface area (Å²) in [6.07, 6.45) is 2.59. The summed E-state index contributed by atoms with van der Waals surface area (Å²) in [5.74, 6) is 0.723. The fourth-order valence-corrected chi connectivity index (χ4v) is 4.00. The zero-order valence-electron chi connectivity index (χ0n) is 12.9. The summed E-state index contributed by atoms with van der Waals surface area (Å²) in [4.78, 5) is 16.0. The first-order chi connectivity index (χ1) is 11.1. The van der Waals surface area contributed by atoms with Crippen LogP contribution in [0.4, 0.5) is 11.5 Å². The van der Waals surface area contributed by atoms with Crippen LogP contribution in [0.3, 0.4) is 0 Å². The number of rotatable bonds is 1. The van der Waals surface area contributed by atoms with Crippen LogP contribution in [0.2, 0.25) is 0 Å². The lowest BCUT2D eigenvalue weighted by Crippen LogP contribution is -2.37. The lowest BCUT2D eigenvalue weighted by atomic mass is 10.1. The van der Waals surface area contributed by atoms with Gasteiger partial charge in [-0.2, -0.15) is 10.2 Å². The molecule has 0 unspecified atom stereocenters. The van der Waals surface area contributed by atoms with Crippen LogP contribution >= 0.6 is 11.3 Å². The number of hydrogen-bond acceptors (Lipinski definition) is 6. The van der Waals surface area contributed by atoms with E-state index in [2.05, 4.69) is 15.3 Å². The van der Waals surface area contributed by atoms with Gasteiger partial charge in [0, 0.05) is 24.5 Å². The van der Waals surface area contributed by atoms with Crippen molar-refractivity contribution in [3.63, 3.8) is 0 Å². The van der Waals surface area contributed by atoms with Crippen molar-refractivity contribution in [2.75, 3.05) is 17.2 Å². The molecular formula is C15H16N6OS. The van der Waals surface area contributed by atoms with Crippen LogP contribution in [0.25, 0.3) is 10.2 Å². The van der Waals surface area contributed by atoms with E-state index in [1.165, 1.54) is 11.3 Å². The molecule has 3 aromatic rings. The first-order valence-electron chi connectivity index (χ1n) is 7.43. The minimum atomic E-state index is -0.0935. The molecule has 0 radical (unpaired) electrons. The predicted octanol–water partition coefficient (Wildman–Crippen LogP) is 2.14. The second kappa shape index (κ2) is 5.02. The van der Waals surface area contributed by atoms with Crippen molar-refractivity contribution in [1.29, 1.82) is 0 Å². The molecule has 0 spiro atoms. The van der Waals surface area contributed by atoms with Gasteiger partial charge < -0.3 is 5.73 Å². The van der Waals surface area contributed by atoms with E-state index in [9.17, 15) is 4.79 Å². The van der Waals surface area contributed by atoms with Crippen molar-refractivity contribution < 1.29 is 4.79 Å². The van der Waals surface area contributed by atoms with E-state index in [0.717, 1.165) is 35.4 Å². The Morgan fingerprint density at radius 2 is 2.13 bits per heavy atom. The molecule has 4 rings (SSSR count). The lowest BCUT2D eigenvalue weighted by molar-refractivity contribution is 0.0986. The van der Waals surface area contributed by atoms with Gasteiger partial charge >= 0.3 is 0 Å². The zero-order chi connectivity index (χ0) is 16.1. The Bertz CT molecular complexity index is 928. The summed E-state index contributed by atoms with van der Waals surface area (Å²) in [5.41, 5.74) is 8.60. The average molecular weight is 328 g/mol. The summed E-state index contributed by atoms with van der Waals surface area (Å²) in [6, 6.07) is 1.86. The van der Waals surface area contributed by atoms with Gasteiger partial charge in [-0.05, 0) is 25.8 Å². The third-order valence-corrected chi connectivity index (χ3v) is 5.37. The third-order valence-electron chi connectivity index (χ3n) is 4.30. The fourth-order valence-electron chi connectivity index (χ4n) is 2.95. The van der Waals surface area contributed by atoms with E-state index in [1.807, 2.05) is 24.6 Å². The minimum absolute atomic E-state index is 0.0935. The first-order valence-corrected chi connectivity index (χ1v) is 8.25. The number of fused-ring (bicyclic) bond motifs is 2. The largest absolute Gasteiger partial charge is 0.397 e. The van der Waals surface area contributed by atoms with E-state index in [1.54, 1.807) is 11.1 Å². The number of thiophene rings is 1. The van der Waals surface area contributed by atoms with Gasteiger partial charge in [-0.3, -0.25) is 9.69 Å². The Labute approximate surface area is 136 Å². The quantitative estimate of drug-likeness (QED) is 0.739. The molecule has 118 valence electrons. The van der Waals surface area contributed by atoms with E-state index in [0.29, 0.717) is 21.9 Å². The third kappa shape index (κ3) is 2.02. The van der Waals surface area contributed by atoms with Crippen LogP contribution in [0.5, 0.6) is 0 Å². The van der Waals surface area contributed by atoms with Gasteiger partial charge in [-0.1, -0.05) is 0 Å². The standard InChI is InChI=1S/C15H16N6OS/c1-8-9(2)18-19-14-11(8)12(16)13(23-14)15(22)20-6-3-7-21-10(20)4-5-17-21/h4-5H,3,6-7,16H2,1-2H3. The van der Waals surface area contributed by atoms with E-state index in [-0.39, 0.29) is 5.91 Å². The van der Waals surface area contributed by atoms with Crippen LogP contribution in [-0.2, 0) is 6.54 Å². The molecule has 7 nitrogen and oxygen atoms in total. The number of aryl methyl sites for hydroxylation is 3. The van der Waals surface area contributed by atoms with Gasteiger partial charge in [0.05, 0.1) is 17.6 Å². The molecule has 2 N–H and O–H groups in total. The topological polar surface area (TPSA) is 89.9 Å². The number of hydrogen-bond donors (Lipinski definition) is 1. The molecule has 0 saturated carbocycles. The van der Waals surface area contributed by atoms with Gasteiger partial charge in [0.2, 0.25) is 0 Å². The summed E-state index contributed by atoms with van der Waals surface area (Å²) >= 11 is 1.31. The van der Waals surface area contributed by atoms with Gasteiger partial charge in [0.25, 0.3) is 5.91 Å². The maximum absolute atomic E-state index is 13.0. The molecular weight excluding hydrogens is 312 g/mol. The maximum Gasteiger partial charge on any atom is 0.271 e. The molecule has 0 aliphatic carbocycles. The molecule has 0 atom stereocenters. The van der Waals surface area contributed by atoms with Crippen molar-refractivity contribution in [2.45, 2.75) is 26.8 Å². The summed E-state index contributed by atoms with van der Waals surface area (Å²) in [5, 5.41) is 13.4. The second-order valence-corrected chi connectivity index (χ2v) is 6.66. The van der Waals surface area contributed by atoms with Crippen molar-refractivity contribution in [2.24, 2.45) is 0 Å². The minimum Gasteiger partial charge on any atom is -0.397 e. The van der Waals surface area contributed by atoms with Crippen molar-refractivity contribution in [3.8, 4) is 0 Å². The number of nitrogen functional groups attached to an aromatic ring is 1. The SMILES string of the molecule is Cc1nnc2sc(C(=O)N3CCCn4nccc43)c(N)c2c1C. The first kappa shape index (κ1) is 14.1. The normalized spacial score (nSPS) is 14.3. The molecule has 23 heavy (non-hydrogen) atoms. The highest BCUT2D eigenvalue weighted by Gasteiger charge is 2.28. The fraction of sp³-hybridized carbons (Fsp3) is 0.333. The van der Waals surface area contributed by atoms with E-state index in [4.69, 9.17) is 5.73 Å². The number of carbonyl (C=O) groups is 1. The Kier molecular flexibility index (Phi) is 3.08. The molecule has 1 amide bonds. The molecule has 0 aromatic carbocycles. The van der Waals surface area contributed by atoms with Crippen molar-refractivity contribution in [3.05, 3.63) is 28.4 Å². The summed E-state index contributed by atoms with van der Waals surface area (Å²) in [7, 11) is 0. The molecule has 0 fully saturated rings. The van der Waals surface area contributed by atoms with Crippen molar-refractivity contribution in [1.82, 2.24) is 20.0 Å². The smallest absolute Gasteiger partial charge is 0.271 e. The van der Waals surface area contributed by atoms with Crippen molar-refractivity contribution >= 4 is 39.0 Å². The molecule has 0 saturated heterocycles. The Hall–Kier alpha value is -2.48. The molecule has 0 bridgehead atoms. The number of aromatic nitrogens is 4. The van der Waals surface area contributed by atoms with Crippen LogP contribution in [0.15, 0.2) is 12.3 Å². The van der Waals surface area contributed by atoms with Crippen LogP contribution in [0.1, 0.15) is 27.3 Å². The number of anilines is 2. The number of carbonyl (C=O) groups excluding carboxylic acids is 1. The van der Waals surface area contributed by atoms with E-state index >= 15 is 0 Å². The summed E-state index contributed by atoms with van der Waals surface area (Å²) < 4.78 is 1.85. The Morgan fingerprint density at radius 1 is 1.30 bits per heavy atom. The molecule has 4 heterocycles. The summed E-state index contributed by atoms with van der Waals surface area (Å²) in [6.45, 7) is 5.35. The average Bonchev–Trinajstić information content (AvgIpc) is 3.15. The second-order valence-electron chi connectivity index (χ2n) is 5.66. The van der Waals surface area contributed by atoms with Crippen LogP contribution in [0, 0.1) is 13.8 Å². The van der Waals surface area contributed by atoms with Crippen LogP contribution in [-0.4, -0.2) is 32.4 Å². The monoisotopic (exact) mass is 328 g/mol. The molecule has 1 aliphatic heterocycles. The van der Waals surface area contributed by atoms with Gasteiger partial charge in [-0.15, -0.1) is 16.4 Å².